The first-order chi connectivity index (χ1) is 5.48. The monoisotopic (exact) mass is 168 g/mol. The first-order valence-corrected chi connectivity index (χ1v) is 4.31. The van der Waals surface area contributed by atoms with Crippen LogP contribution in [0.5, 0.6) is 0 Å². The summed E-state index contributed by atoms with van der Waals surface area (Å²) >= 11 is 0. The number of aliphatic hydroxyl groups is 1. The Kier molecular flexibility index (Phi) is 2.38. The molecule has 0 radical (unpaired) electrons. The van der Waals surface area contributed by atoms with E-state index < -0.39 is 0 Å². The van der Waals surface area contributed by atoms with E-state index in [1.54, 1.807) is 13.0 Å². The van der Waals surface area contributed by atoms with Gasteiger partial charge in [0, 0.05) is 6.61 Å². The molecule has 0 saturated heterocycles. The molecule has 1 saturated carbocycles. The molecule has 0 bridgehead atoms. The van der Waals surface area contributed by atoms with Crippen LogP contribution >= 0.6 is 0 Å². The molecule has 1 rings (SSSR count). The lowest BCUT2D eigenvalue weighted by Crippen LogP contribution is -2.40. The molecule has 68 valence electrons. The van der Waals surface area contributed by atoms with Crippen LogP contribution in [0.2, 0.25) is 0 Å². The summed E-state index contributed by atoms with van der Waals surface area (Å²) in [6.45, 7) is 5.94. The van der Waals surface area contributed by atoms with Gasteiger partial charge in [-0.1, -0.05) is 19.4 Å². The van der Waals surface area contributed by atoms with Gasteiger partial charge in [0.25, 0.3) is 0 Å². The summed E-state index contributed by atoms with van der Waals surface area (Å²) in [6.07, 6.45) is 2.58. The highest BCUT2D eigenvalue weighted by molar-refractivity contribution is 5.88. The maximum atomic E-state index is 10.8. The molecule has 2 heteroatoms. The lowest BCUT2D eigenvalue weighted by molar-refractivity contribution is -0.112. The van der Waals surface area contributed by atoms with Crippen molar-refractivity contribution in [1.29, 1.82) is 0 Å². The highest BCUT2D eigenvalue weighted by atomic mass is 16.3. The fraction of sp³-hybridized carbons (Fsp3) is 0.700. The van der Waals surface area contributed by atoms with Crippen LogP contribution in [0.15, 0.2) is 11.6 Å². The van der Waals surface area contributed by atoms with Crippen molar-refractivity contribution in [2.75, 3.05) is 6.61 Å². The Bertz CT molecular complexity index is 226. The third-order valence-corrected chi connectivity index (χ3v) is 2.91. The van der Waals surface area contributed by atoms with E-state index in [1.165, 1.54) is 5.57 Å². The number of hydrogen-bond acceptors (Lipinski definition) is 2. The standard InChI is InChI=1S/C10H16O2/c1-7(12)4-8-5-9(6-11)10(8,2)3/h4,9,11H,5-6H2,1-3H3. The fourth-order valence-electron chi connectivity index (χ4n) is 1.70. The Morgan fingerprint density at radius 3 is 2.67 bits per heavy atom. The molecule has 0 heterocycles. The molecule has 1 unspecified atom stereocenters. The molecule has 1 aliphatic rings. The Morgan fingerprint density at radius 2 is 2.33 bits per heavy atom. The maximum absolute atomic E-state index is 10.8. The van der Waals surface area contributed by atoms with Crippen molar-refractivity contribution < 1.29 is 9.90 Å². The zero-order chi connectivity index (χ0) is 9.35. The first-order valence-electron chi connectivity index (χ1n) is 4.31. The molecular weight excluding hydrogens is 152 g/mol. The molecule has 12 heavy (non-hydrogen) atoms. The molecule has 2 nitrogen and oxygen atoms in total. The van der Waals surface area contributed by atoms with E-state index in [9.17, 15) is 4.79 Å². The molecule has 0 aromatic carbocycles. The number of rotatable bonds is 2. The van der Waals surface area contributed by atoms with E-state index in [4.69, 9.17) is 5.11 Å². The summed E-state index contributed by atoms with van der Waals surface area (Å²) in [5.41, 5.74) is 1.20. The lowest BCUT2D eigenvalue weighted by atomic mass is 9.59. The lowest BCUT2D eigenvalue weighted by Gasteiger charge is -2.46. The quantitative estimate of drug-likeness (QED) is 0.635. The van der Waals surface area contributed by atoms with Crippen LogP contribution in [-0.2, 0) is 4.79 Å². The van der Waals surface area contributed by atoms with Crippen LogP contribution in [0.25, 0.3) is 0 Å². The summed E-state index contributed by atoms with van der Waals surface area (Å²) in [4.78, 5) is 10.8. The van der Waals surface area contributed by atoms with Gasteiger partial charge in [-0.05, 0) is 30.8 Å². The van der Waals surface area contributed by atoms with Gasteiger partial charge in [-0.25, -0.2) is 0 Å². The second-order valence-corrected chi connectivity index (χ2v) is 4.09. The number of carbonyl (C=O) groups excluding carboxylic acids is 1. The van der Waals surface area contributed by atoms with Gasteiger partial charge in [-0.15, -0.1) is 0 Å². The van der Waals surface area contributed by atoms with Gasteiger partial charge < -0.3 is 5.11 Å². The van der Waals surface area contributed by atoms with Crippen molar-refractivity contribution in [2.45, 2.75) is 27.2 Å². The Labute approximate surface area is 73.3 Å². The van der Waals surface area contributed by atoms with Gasteiger partial charge in [-0.2, -0.15) is 0 Å². The summed E-state index contributed by atoms with van der Waals surface area (Å²) < 4.78 is 0. The van der Waals surface area contributed by atoms with E-state index in [1.807, 2.05) is 0 Å². The topological polar surface area (TPSA) is 37.3 Å². The Balaban J connectivity index is 2.71. The van der Waals surface area contributed by atoms with Crippen molar-refractivity contribution in [2.24, 2.45) is 11.3 Å². The van der Waals surface area contributed by atoms with Crippen LogP contribution in [0.1, 0.15) is 27.2 Å². The predicted octanol–water partition coefficient (Wildman–Crippen LogP) is 1.54. The minimum atomic E-state index is 0.0282. The number of hydrogen-bond donors (Lipinski definition) is 1. The van der Waals surface area contributed by atoms with Crippen molar-refractivity contribution in [3.63, 3.8) is 0 Å². The summed E-state index contributed by atoms with van der Waals surface area (Å²) in [6, 6.07) is 0. The third-order valence-electron chi connectivity index (χ3n) is 2.91. The molecule has 0 amide bonds. The van der Waals surface area contributed by atoms with Crippen LogP contribution in [-0.4, -0.2) is 17.5 Å². The van der Waals surface area contributed by atoms with Crippen molar-refractivity contribution in [3.8, 4) is 0 Å². The van der Waals surface area contributed by atoms with E-state index in [-0.39, 0.29) is 17.8 Å². The number of ketones is 1. The van der Waals surface area contributed by atoms with Crippen LogP contribution in [0.3, 0.4) is 0 Å². The van der Waals surface area contributed by atoms with Crippen LogP contribution in [0.4, 0.5) is 0 Å². The zero-order valence-electron chi connectivity index (χ0n) is 7.92. The molecular formula is C10H16O2. The maximum Gasteiger partial charge on any atom is 0.152 e. The largest absolute Gasteiger partial charge is 0.396 e. The van der Waals surface area contributed by atoms with E-state index in [0.717, 1.165) is 6.42 Å². The first kappa shape index (κ1) is 9.46. The van der Waals surface area contributed by atoms with Crippen molar-refractivity contribution in [3.05, 3.63) is 11.6 Å². The van der Waals surface area contributed by atoms with Crippen molar-refractivity contribution in [1.82, 2.24) is 0 Å². The van der Waals surface area contributed by atoms with Crippen LogP contribution in [0, 0.1) is 11.3 Å². The summed E-state index contributed by atoms with van der Waals surface area (Å²) in [5, 5.41) is 8.96. The molecule has 0 aromatic rings. The molecule has 1 fully saturated rings. The van der Waals surface area contributed by atoms with E-state index in [0.29, 0.717) is 5.92 Å². The van der Waals surface area contributed by atoms with Gasteiger partial charge in [0.2, 0.25) is 0 Å². The van der Waals surface area contributed by atoms with Gasteiger partial charge in [0.1, 0.15) is 0 Å². The summed E-state index contributed by atoms with van der Waals surface area (Å²) in [5.74, 6) is 0.442. The zero-order valence-corrected chi connectivity index (χ0v) is 7.92. The highest BCUT2D eigenvalue weighted by Crippen LogP contribution is 2.50. The van der Waals surface area contributed by atoms with Gasteiger partial charge in [0.15, 0.2) is 5.78 Å². The molecule has 1 aliphatic carbocycles. The molecule has 0 aliphatic heterocycles. The fourth-order valence-corrected chi connectivity index (χ4v) is 1.70. The smallest absolute Gasteiger partial charge is 0.152 e. The van der Waals surface area contributed by atoms with Gasteiger partial charge in [0.05, 0.1) is 0 Å². The van der Waals surface area contributed by atoms with Crippen LogP contribution < -0.4 is 0 Å². The molecule has 0 spiro atoms. The predicted molar refractivity (Wildman–Crippen MR) is 47.7 cm³/mol. The second kappa shape index (κ2) is 3.02. The minimum Gasteiger partial charge on any atom is -0.396 e. The molecule has 0 aromatic heterocycles. The second-order valence-electron chi connectivity index (χ2n) is 4.09. The molecule has 1 N–H and O–H groups in total. The van der Waals surface area contributed by atoms with Crippen molar-refractivity contribution >= 4 is 5.78 Å². The normalized spacial score (nSPS) is 30.0. The van der Waals surface area contributed by atoms with Gasteiger partial charge >= 0.3 is 0 Å². The van der Waals surface area contributed by atoms with E-state index >= 15 is 0 Å². The highest BCUT2D eigenvalue weighted by Gasteiger charge is 2.42. The number of carbonyl (C=O) groups is 1. The Hall–Kier alpha value is -0.630. The summed E-state index contributed by atoms with van der Waals surface area (Å²) in [7, 11) is 0. The van der Waals surface area contributed by atoms with E-state index in [2.05, 4.69) is 13.8 Å². The van der Waals surface area contributed by atoms with Gasteiger partial charge in [-0.3, -0.25) is 4.79 Å². The number of aliphatic hydroxyl groups excluding tert-OH is 1. The average Bonchev–Trinajstić information content (AvgIpc) is 1.96. The average molecular weight is 168 g/mol. The number of allylic oxidation sites excluding steroid dienone is 2. The Morgan fingerprint density at radius 1 is 1.75 bits per heavy atom. The SMILES string of the molecule is CC(=O)C=C1CC(CO)C1(C)C. The minimum absolute atomic E-state index is 0.0282. The molecule has 1 atom stereocenters. The third kappa shape index (κ3) is 1.44.